The van der Waals surface area contributed by atoms with Crippen LogP contribution in [0.25, 0.3) is 5.57 Å². The van der Waals surface area contributed by atoms with Crippen LogP contribution in [0.15, 0.2) is 66.6 Å². The van der Waals surface area contributed by atoms with E-state index >= 15 is 0 Å². The van der Waals surface area contributed by atoms with Crippen molar-refractivity contribution in [2.75, 3.05) is 13.1 Å². The molecule has 0 unspecified atom stereocenters. The Morgan fingerprint density at radius 3 is 2.52 bits per heavy atom. The highest BCUT2D eigenvalue weighted by atomic mass is 16.2. The molecule has 31 heavy (non-hydrogen) atoms. The Hall–Kier alpha value is -3.27. The van der Waals surface area contributed by atoms with Crippen molar-refractivity contribution in [1.82, 2.24) is 14.9 Å². The summed E-state index contributed by atoms with van der Waals surface area (Å²) in [7, 11) is 0. The molecule has 0 saturated carbocycles. The van der Waals surface area contributed by atoms with Crippen molar-refractivity contribution in [2.45, 2.75) is 39.0 Å². The number of aryl methyl sites for hydroxylation is 3. The monoisotopic (exact) mass is 409 g/mol. The lowest BCUT2D eigenvalue weighted by molar-refractivity contribution is -0.130. The second-order valence-corrected chi connectivity index (χ2v) is 8.56. The number of carbonyl (C=O) groups is 1. The second kappa shape index (κ2) is 8.46. The number of carbonyl (C=O) groups excluding carboxylic acids is 1. The van der Waals surface area contributed by atoms with Crippen LogP contribution in [-0.2, 0) is 24.1 Å². The molecule has 0 radical (unpaired) electrons. The average Bonchev–Trinajstić information content (AvgIpc) is 2.96. The van der Waals surface area contributed by atoms with E-state index in [0.717, 1.165) is 50.0 Å². The Kier molecular flexibility index (Phi) is 5.37. The lowest BCUT2D eigenvalue weighted by atomic mass is 9.88. The zero-order chi connectivity index (χ0) is 21.2. The summed E-state index contributed by atoms with van der Waals surface area (Å²) in [5.41, 5.74) is 10.3. The van der Waals surface area contributed by atoms with Gasteiger partial charge in [-0.3, -0.25) is 14.8 Å². The van der Waals surface area contributed by atoms with Gasteiger partial charge in [-0.2, -0.15) is 0 Å². The van der Waals surface area contributed by atoms with Gasteiger partial charge in [0.1, 0.15) is 0 Å². The molecule has 1 fully saturated rings. The van der Waals surface area contributed by atoms with E-state index in [1.54, 1.807) is 12.4 Å². The van der Waals surface area contributed by atoms with Crippen molar-refractivity contribution in [3.8, 4) is 0 Å². The Balaban J connectivity index is 1.45. The van der Waals surface area contributed by atoms with E-state index in [4.69, 9.17) is 4.98 Å². The van der Waals surface area contributed by atoms with Gasteiger partial charge in [-0.05, 0) is 73.1 Å². The molecule has 1 saturated heterocycles. The van der Waals surface area contributed by atoms with Gasteiger partial charge in [0, 0.05) is 37.3 Å². The van der Waals surface area contributed by atoms with Crippen LogP contribution >= 0.6 is 0 Å². The third-order valence-corrected chi connectivity index (χ3v) is 6.50. The minimum atomic E-state index is 0.200. The Morgan fingerprint density at radius 1 is 0.935 bits per heavy atom. The zero-order valence-corrected chi connectivity index (χ0v) is 18.0. The first-order valence-corrected chi connectivity index (χ1v) is 11.1. The van der Waals surface area contributed by atoms with Crippen LogP contribution < -0.4 is 0 Å². The molecule has 5 rings (SSSR count). The molecule has 156 valence electrons. The van der Waals surface area contributed by atoms with E-state index in [1.165, 1.54) is 33.4 Å². The van der Waals surface area contributed by atoms with Gasteiger partial charge < -0.3 is 4.90 Å². The molecule has 1 aromatic carbocycles. The van der Waals surface area contributed by atoms with Gasteiger partial charge in [-0.25, -0.2) is 0 Å². The maximum atomic E-state index is 12.8. The van der Waals surface area contributed by atoms with E-state index in [1.807, 2.05) is 29.3 Å². The van der Waals surface area contributed by atoms with Crippen molar-refractivity contribution >= 4 is 11.5 Å². The first-order chi connectivity index (χ1) is 15.2. The normalized spacial score (nSPS) is 15.8. The summed E-state index contributed by atoms with van der Waals surface area (Å²) in [5, 5.41) is 0. The molecule has 3 aromatic rings. The Morgan fingerprint density at radius 2 is 1.71 bits per heavy atom. The number of amides is 1. The minimum Gasteiger partial charge on any atom is -0.342 e. The largest absolute Gasteiger partial charge is 0.342 e. The maximum Gasteiger partial charge on any atom is 0.227 e. The number of hydrogen-bond acceptors (Lipinski definition) is 3. The van der Waals surface area contributed by atoms with Crippen LogP contribution in [0.2, 0.25) is 0 Å². The zero-order valence-electron chi connectivity index (χ0n) is 18.0. The fraction of sp³-hybridized carbons (Fsp3) is 0.296. The summed E-state index contributed by atoms with van der Waals surface area (Å²) in [6, 6.07) is 14.9. The molecule has 4 nitrogen and oxygen atoms in total. The average molecular weight is 410 g/mol. The molecule has 1 amide bonds. The lowest BCUT2D eigenvalue weighted by Crippen LogP contribution is -2.37. The standard InChI is InChI=1S/C27H27N3O/c1-19-4-7-24-23(17-19)6-5-22-3-2-12-29-27(22)26(24)21-10-15-30(16-11-21)25(31)18-20-8-13-28-14-9-20/h2-4,7-9,12-14,17H,5-6,10-11,15-16,18H2,1H3. The summed E-state index contributed by atoms with van der Waals surface area (Å²) in [5.74, 6) is 0.200. The van der Waals surface area contributed by atoms with Crippen molar-refractivity contribution in [3.63, 3.8) is 0 Å². The van der Waals surface area contributed by atoms with Crippen LogP contribution in [-0.4, -0.2) is 33.9 Å². The fourth-order valence-electron chi connectivity index (χ4n) is 4.86. The highest BCUT2D eigenvalue weighted by molar-refractivity contribution is 5.85. The van der Waals surface area contributed by atoms with Gasteiger partial charge in [-0.1, -0.05) is 35.4 Å². The molecule has 0 bridgehead atoms. The lowest BCUT2D eigenvalue weighted by Gasteiger charge is -2.30. The molecule has 0 N–H and O–H groups in total. The number of rotatable bonds is 2. The van der Waals surface area contributed by atoms with Crippen LogP contribution in [0.4, 0.5) is 0 Å². The molecule has 1 aliphatic carbocycles. The Bertz CT molecular complexity index is 1140. The maximum absolute atomic E-state index is 12.8. The van der Waals surface area contributed by atoms with Gasteiger partial charge in [0.05, 0.1) is 12.1 Å². The minimum absolute atomic E-state index is 0.200. The van der Waals surface area contributed by atoms with Crippen molar-refractivity contribution in [2.24, 2.45) is 0 Å². The number of hydrogen-bond donors (Lipinski definition) is 0. The quantitative estimate of drug-likeness (QED) is 0.624. The molecular formula is C27H27N3O. The molecule has 2 aromatic heterocycles. The van der Waals surface area contributed by atoms with E-state index in [0.29, 0.717) is 6.42 Å². The van der Waals surface area contributed by atoms with Crippen molar-refractivity contribution in [1.29, 1.82) is 0 Å². The number of likely N-dealkylation sites (tertiary alicyclic amines) is 1. The number of pyridine rings is 2. The fourth-order valence-corrected chi connectivity index (χ4v) is 4.86. The van der Waals surface area contributed by atoms with Crippen LogP contribution in [0.5, 0.6) is 0 Å². The molecule has 2 aliphatic rings. The number of nitrogens with zero attached hydrogens (tertiary/aromatic N) is 3. The van der Waals surface area contributed by atoms with Gasteiger partial charge >= 0.3 is 0 Å². The van der Waals surface area contributed by atoms with Gasteiger partial charge in [-0.15, -0.1) is 0 Å². The van der Waals surface area contributed by atoms with Gasteiger partial charge in [0.2, 0.25) is 5.91 Å². The van der Waals surface area contributed by atoms with Crippen LogP contribution in [0.3, 0.4) is 0 Å². The number of aromatic nitrogens is 2. The molecule has 3 heterocycles. The first kappa shape index (κ1) is 19.7. The van der Waals surface area contributed by atoms with E-state index < -0.39 is 0 Å². The SMILES string of the molecule is Cc1ccc2c(c1)CCc1cccnc1C2=C1CCN(C(=O)Cc2ccncc2)CC1. The van der Waals surface area contributed by atoms with Gasteiger partial charge in [0.25, 0.3) is 0 Å². The topological polar surface area (TPSA) is 46.1 Å². The summed E-state index contributed by atoms with van der Waals surface area (Å²) >= 11 is 0. The molecule has 0 atom stereocenters. The van der Waals surface area contributed by atoms with E-state index in [2.05, 4.69) is 36.2 Å². The molecule has 4 heteroatoms. The third kappa shape index (κ3) is 4.02. The highest BCUT2D eigenvalue weighted by Crippen LogP contribution is 2.38. The summed E-state index contributed by atoms with van der Waals surface area (Å²) in [6.07, 6.45) is 9.72. The Labute approximate surface area is 183 Å². The number of benzene rings is 1. The summed E-state index contributed by atoms with van der Waals surface area (Å²) < 4.78 is 0. The smallest absolute Gasteiger partial charge is 0.227 e. The van der Waals surface area contributed by atoms with Crippen LogP contribution in [0.1, 0.15) is 46.4 Å². The molecular weight excluding hydrogens is 382 g/mol. The summed E-state index contributed by atoms with van der Waals surface area (Å²) in [4.78, 5) is 23.7. The molecule has 1 aliphatic heterocycles. The third-order valence-electron chi connectivity index (χ3n) is 6.50. The summed E-state index contributed by atoms with van der Waals surface area (Å²) in [6.45, 7) is 3.70. The predicted molar refractivity (Wildman–Crippen MR) is 123 cm³/mol. The van der Waals surface area contributed by atoms with E-state index in [9.17, 15) is 4.79 Å². The van der Waals surface area contributed by atoms with Crippen molar-refractivity contribution < 1.29 is 4.79 Å². The second-order valence-electron chi connectivity index (χ2n) is 8.56. The predicted octanol–water partition coefficient (Wildman–Crippen LogP) is 4.55. The highest BCUT2D eigenvalue weighted by Gasteiger charge is 2.26. The molecule has 0 spiro atoms. The van der Waals surface area contributed by atoms with E-state index in [-0.39, 0.29) is 5.91 Å². The number of fused-ring (bicyclic) bond motifs is 2. The first-order valence-electron chi connectivity index (χ1n) is 11.1. The van der Waals surface area contributed by atoms with Crippen molar-refractivity contribution in [3.05, 3.63) is 100 Å². The van der Waals surface area contributed by atoms with Crippen LogP contribution in [0, 0.1) is 6.92 Å². The van der Waals surface area contributed by atoms with Gasteiger partial charge in [0.15, 0.2) is 0 Å². The number of piperidine rings is 1.